The number of hydrogen-bond acceptors (Lipinski definition) is 2. The fourth-order valence-electron chi connectivity index (χ4n) is 8.94. The number of fused-ring (bicyclic) bond motifs is 2. The molecule has 5 atom stereocenters. The summed E-state index contributed by atoms with van der Waals surface area (Å²) < 4.78 is 6.35. The minimum atomic E-state index is 0.197. The van der Waals surface area contributed by atoms with Gasteiger partial charge in [0.2, 0.25) is 0 Å². The van der Waals surface area contributed by atoms with Crippen molar-refractivity contribution >= 4 is 5.97 Å². The van der Waals surface area contributed by atoms with Crippen LogP contribution in [0, 0.1) is 65.1 Å². The van der Waals surface area contributed by atoms with Crippen LogP contribution in [0.3, 0.4) is 0 Å². The lowest BCUT2D eigenvalue weighted by Crippen LogP contribution is -2.51. The largest absolute Gasteiger partial charge is 0.462 e. The molecule has 6 saturated carbocycles. The van der Waals surface area contributed by atoms with E-state index in [2.05, 4.69) is 27.7 Å². The summed E-state index contributed by atoms with van der Waals surface area (Å²) in [5.41, 5.74) is 0. The van der Waals surface area contributed by atoms with Crippen LogP contribution in [0.15, 0.2) is 0 Å². The number of esters is 1. The highest BCUT2D eigenvalue weighted by molar-refractivity contribution is 5.74. The second kappa shape index (κ2) is 6.24. The van der Waals surface area contributed by atoms with Crippen LogP contribution in [0.2, 0.25) is 0 Å². The molecule has 0 N–H and O–H groups in total. The molecule has 146 valence electrons. The molecule has 0 spiro atoms. The van der Waals surface area contributed by atoms with E-state index in [1.165, 1.54) is 38.5 Å². The summed E-state index contributed by atoms with van der Waals surface area (Å²) in [4.78, 5) is 13.2. The molecule has 6 aliphatic carbocycles. The second-order valence-corrected chi connectivity index (χ2v) is 11.5. The first-order valence-corrected chi connectivity index (χ1v) is 11.6. The van der Waals surface area contributed by atoms with E-state index in [-0.39, 0.29) is 18.0 Å². The first-order chi connectivity index (χ1) is 12.4. The van der Waals surface area contributed by atoms with Crippen molar-refractivity contribution in [1.82, 2.24) is 0 Å². The predicted molar refractivity (Wildman–Crippen MR) is 103 cm³/mol. The molecular formula is C24H38O2. The molecule has 0 heterocycles. The molecule has 0 aromatic rings. The van der Waals surface area contributed by atoms with Crippen LogP contribution in [-0.2, 0) is 9.53 Å². The van der Waals surface area contributed by atoms with Crippen LogP contribution in [0.1, 0.15) is 72.6 Å². The van der Waals surface area contributed by atoms with E-state index >= 15 is 0 Å². The Bertz CT molecular complexity index is 537. The monoisotopic (exact) mass is 358 g/mol. The Morgan fingerprint density at radius 2 is 1.31 bits per heavy atom. The van der Waals surface area contributed by atoms with Crippen molar-refractivity contribution in [2.75, 3.05) is 0 Å². The summed E-state index contributed by atoms with van der Waals surface area (Å²) in [7, 11) is 0. The summed E-state index contributed by atoms with van der Waals surface area (Å²) in [6.45, 7) is 9.53. The van der Waals surface area contributed by atoms with Crippen molar-refractivity contribution in [2.24, 2.45) is 65.1 Å². The van der Waals surface area contributed by atoms with E-state index in [4.69, 9.17) is 4.74 Å². The highest BCUT2D eigenvalue weighted by Gasteiger charge is 2.57. The van der Waals surface area contributed by atoms with Gasteiger partial charge in [-0.1, -0.05) is 27.7 Å². The number of rotatable bonds is 4. The lowest BCUT2D eigenvalue weighted by atomic mass is 9.55. The van der Waals surface area contributed by atoms with Crippen molar-refractivity contribution in [3.8, 4) is 0 Å². The van der Waals surface area contributed by atoms with E-state index in [0.29, 0.717) is 23.7 Å². The Kier molecular flexibility index (Phi) is 4.22. The van der Waals surface area contributed by atoms with E-state index < -0.39 is 0 Å². The molecule has 0 radical (unpaired) electrons. The normalized spacial score (nSPS) is 51.6. The summed E-state index contributed by atoms with van der Waals surface area (Å²) in [5, 5.41) is 0. The second-order valence-electron chi connectivity index (χ2n) is 11.5. The Hall–Kier alpha value is -0.530. The smallest absolute Gasteiger partial charge is 0.309 e. The molecule has 0 aliphatic heterocycles. The average Bonchev–Trinajstić information content (AvgIpc) is 3.15. The van der Waals surface area contributed by atoms with E-state index in [9.17, 15) is 4.79 Å². The van der Waals surface area contributed by atoms with Crippen LogP contribution in [0.5, 0.6) is 0 Å². The van der Waals surface area contributed by atoms with Gasteiger partial charge in [0, 0.05) is 0 Å². The Balaban J connectivity index is 1.29. The molecule has 6 bridgehead atoms. The first-order valence-electron chi connectivity index (χ1n) is 11.6. The molecule has 6 aliphatic rings. The van der Waals surface area contributed by atoms with Gasteiger partial charge in [-0.2, -0.15) is 0 Å². The van der Waals surface area contributed by atoms with Gasteiger partial charge in [0.25, 0.3) is 0 Å². The minimum Gasteiger partial charge on any atom is -0.462 e. The molecule has 2 heteroatoms. The van der Waals surface area contributed by atoms with Crippen LogP contribution >= 0.6 is 0 Å². The van der Waals surface area contributed by atoms with Gasteiger partial charge in [0.15, 0.2) is 0 Å². The zero-order valence-corrected chi connectivity index (χ0v) is 17.2. The van der Waals surface area contributed by atoms with Gasteiger partial charge < -0.3 is 4.74 Å². The van der Waals surface area contributed by atoms with Crippen molar-refractivity contribution in [1.29, 1.82) is 0 Å². The first kappa shape index (κ1) is 17.6. The van der Waals surface area contributed by atoms with E-state index in [1.807, 2.05) is 0 Å². The topological polar surface area (TPSA) is 26.3 Å². The van der Waals surface area contributed by atoms with Gasteiger partial charge in [-0.25, -0.2) is 0 Å². The standard InChI is InChI=1S/C24H38O2/c1-12(2)21-16-10-19(22(21)13(3)4)20(11-16)24(25)26-23-17-6-14-5-15(8-17)9-18(23)7-14/h12-23H,5-11H2,1-4H3. The van der Waals surface area contributed by atoms with Gasteiger partial charge in [0.05, 0.1) is 5.92 Å². The third-order valence-electron chi connectivity index (χ3n) is 9.37. The molecule has 26 heavy (non-hydrogen) atoms. The maximum absolute atomic E-state index is 13.2. The van der Waals surface area contributed by atoms with Gasteiger partial charge in [0.1, 0.15) is 6.10 Å². The summed E-state index contributed by atoms with van der Waals surface area (Å²) >= 11 is 0. The van der Waals surface area contributed by atoms with Crippen LogP contribution in [0.4, 0.5) is 0 Å². The van der Waals surface area contributed by atoms with Crippen molar-refractivity contribution in [3.63, 3.8) is 0 Å². The summed E-state index contributed by atoms with van der Waals surface area (Å²) in [6.07, 6.45) is 9.49. The van der Waals surface area contributed by atoms with Crippen LogP contribution in [0.25, 0.3) is 0 Å². The fraction of sp³-hybridized carbons (Fsp3) is 0.958. The maximum Gasteiger partial charge on any atom is 0.309 e. The van der Waals surface area contributed by atoms with Gasteiger partial charge in [-0.05, 0) is 104 Å². The van der Waals surface area contributed by atoms with Crippen LogP contribution < -0.4 is 0 Å². The summed E-state index contributed by atoms with van der Waals surface area (Å²) in [6, 6.07) is 0. The lowest BCUT2D eigenvalue weighted by molar-refractivity contribution is -0.178. The Morgan fingerprint density at radius 3 is 1.85 bits per heavy atom. The lowest BCUT2D eigenvalue weighted by Gasteiger charge is -2.53. The molecule has 2 nitrogen and oxygen atoms in total. The number of carbonyl (C=O) groups is 1. The third kappa shape index (κ3) is 2.60. The Labute approximate surface area is 159 Å². The van der Waals surface area contributed by atoms with E-state index in [0.717, 1.165) is 41.9 Å². The molecule has 0 aromatic heterocycles. The highest BCUT2D eigenvalue weighted by atomic mass is 16.5. The quantitative estimate of drug-likeness (QED) is 0.615. The molecule has 6 fully saturated rings. The molecular weight excluding hydrogens is 320 g/mol. The predicted octanol–water partition coefficient (Wildman–Crippen LogP) is 5.55. The van der Waals surface area contributed by atoms with Crippen molar-refractivity contribution in [2.45, 2.75) is 78.7 Å². The zero-order valence-electron chi connectivity index (χ0n) is 17.2. The SMILES string of the molecule is CC(C)C1C2CC(C(=O)OC3C4CC5CC(C4)CC3C5)C(C2)C1C(C)C. The molecule has 0 amide bonds. The van der Waals surface area contributed by atoms with Crippen molar-refractivity contribution < 1.29 is 9.53 Å². The van der Waals surface area contributed by atoms with Gasteiger partial charge in [-0.15, -0.1) is 0 Å². The number of hydrogen-bond donors (Lipinski definition) is 0. The number of carbonyl (C=O) groups excluding carboxylic acids is 1. The third-order valence-corrected chi connectivity index (χ3v) is 9.37. The maximum atomic E-state index is 13.2. The molecule has 5 unspecified atom stereocenters. The minimum absolute atomic E-state index is 0.197. The van der Waals surface area contributed by atoms with E-state index in [1.54, 1.807) is 0 Å². The van der Waals surface area contributed by atoms with Crippen LogP contribution in [-0.4, -0.2) is 12.1 Å². The van der Waals surface area contributed by atoms with Gasteiger partial charge >= 0.3 is 5.97 Å². The van der Waals surface area contributed by atoms with Crippen molar-refractivity contribution in [3.05, 3.63) is 0 Å². The molecule has 0 aromatic carbocycles. The fourth-order valence-corrected chi connectivity index (χ4v) is 8.94. The molecule has 6 rings (SSSR count). The Morgan fingerprint density at radius 1 is 0.731 bits per heavy atom. The average molecular weight is 359 g/mol. The summed E-state index contributed by atoms with van der Waals surface area (Å²) in [5.74, 6) is 8.04. The highest BCUT2D eigenvalue weighted by Crippen LogP contribution is 2.60. The number of ether oxygens (including phenoxy) is 1. The zero-order chi connectivity index (χ0) is 18.2. The molecule has 0 saturated heterocycles. The van der Waals surface area contributed by atoms with Gasteiger partial charge in [-0.3, -0.25) is 4.79 Å².